The topological polar surface area (TPSA) is 54.4 Å². The molecule has 0 amide bonds. The monoisotopic (exact) mass is 214 g/mol. The maximum atomic E-state index is 11.0. The quantitative estimate of drug-likeness (QED) is 0.720. The zero-order valence-electron chi connectivity index (χ0n) is 5.65. The van der Waals surface area contributed by atoms with E-state index in [1.165, 1.54) is 0 Å². The fourth-order valence-electron chi connectivity index (χ4n) is 0.713. The van der Waals surface area contributed by atoms with Crippen LogP contribution < -0.4 is 4.35 Å². The van der Waals surface area contributed by atoms with Crippen molar-refractivity contribution in [3.63, 3.8) is 0 Å². The summed E-state index contributed by atoms with van der Waals surface area (Å²) in [6, 6.07) is 8.29. The molecule has 0 spiro atoms. The third-order valence-electron chi connectivity index (χ3n) is 1.23. The van der Waals surface area contributed by atoms with E-state index in [1.807, 2.05) is 0 Å². The second-order valence-corrected chi connectivity index (χ2v) is 5.49. The van der Waals surface area contributed by atoms with Crippen molar-refractivity contribution in [3.8, 4) is 0 Å². The Kier molecular flexibility index (Phi) is 2.55. The number of carboxylic acid groups (broad SMARTS) is 1. The van der Waals surface area contributed by atoms with Gasteiger partial charge in [0.05, 0.1) is 0 Å². The van der Waals surface area contributed by atoms with E-state index in [1.54, 1.807) is 30.3 Å². The molecule has 1 aromatic carbocycles. The first-order valence-electron chi connectivity index (χ1n) is 3.04. The molecule has 0 heterocycles. The Hall–Kier alpha value is -0.952. The molecular formula is C7H7AsO3. The Morgan fingerprint density at radius 2 is 1.82 bits per heavy atom. The van der Waals surface area contributed by atoms with Gasteiger partial charge in [-0.2, -0.15) is 0 Å². The van der Waals surface area contributed by atoms with Crippen LogP contribution >= 0.6 is 0 Å². The van der Waals surface area contributed by atoms with Gasteiger partial charge >= 0.3 is 67.7 Å². The molecule has 1 rings (SSSR count). The van der Waals surface area contributed by atoms with Gasteiger partial charge < -0.3 is 0 Å². The first-order valence-corrected chi connectivity index (χ1v) is 6.00. The number of benzene rings is 1. The van der Waals surface area contributed by atoms with Crippen molar-refractivity contribution in [1.82, 2.24) is 0 Å². The number of hydrogen-bond acceptors (Lipinski definition) is 2. The Morgan fingerprint density at radius 1 is 1.27 bits per heavy atom. The van der Waals surface area contributed by atoms with Gasteiger partial charge in [0.1, 0.15) is 0 Å². The van der Waals surface area contributed by atoms with Crippen LogP contribution in [0, 0.1) is 0 Å². The average Bonchev–Trinajstić information content (AvgIpc) is 2.05. The second kappa shape index (κ2) is 3.44. The molecule has 0 saturated heterocycles. The van der Waals surface area contributed by atoms with E-state index in [0.29, 0.717) is 4.35 Å². The molecule has 0 aliphatic rings. The molecule has 0 bridgehead atoms. The van der Waals surface area contributed by atoms with Gasteiger partial charge in [-0.3, -0.25) is 0 Å². The van der Waals surface area contributed by atoms with Gasteiger partial charge in [0.25, 0.3) is 0 Å². The summed E-state index contributed by atoms with van der Waals surface area (Å²) < 4.78 is 10.3. The Bertz CT molecular complexity index is 281. The van der Waals surface area contributed by atoms with Crippen LogP contribution in [0.3, 0.4) is 0 Å². The van der Waals surface area contributed by atoms with Crippen LogP contribution in [-0.2, 0) is 3.74 Å². The molecule has 0 aromatic heterocycles. The normalized spacial score (nSPS) is 12.4. The van der Waals surface area contributed by atoms with Gasteiger partial charge in [0.2, 0.25) is 0 Å². The van der Waals surface area contributed by atoms with Crippen molar-refractivity contribution in [1.29, 1.82) is 0 Å². The third kappa shape index (κ3) is 1.99. The summed E-state index contributed by atoms with van der Waals surface area (Å²) in [4.78, 5) is 10.3. The number of carbonyl (C=O) groups is 1. The van der Waals surface area contributed by atoms with Crippen molar-refractivity contribution in [2.75, 3.05) is 0 Å². The van der Waals surface area contributed by atoms with E-state index in [0.717, 1.165) is 0 Å². The molecular weight excluding hydrogens is 207 g/mol. The van der Waals surface area contributed by atoms with E-state index in [9.17, 15) is 8.53 Å². The van der Waals surface area contributed by atoms with Crippen molar-refractivity contribution < 1.29 is 13.6 Å². The van der Waals surface area contributed by atoms with E-state index >= 15 is 0 Å². The molecule has 0 aliphatic carbocycles. The van der Waals surface area contributed by atoms with Crippen molar-refractivity contribution in [2.24, 2.45) is 0 Å². The van der Waals surface area contributed by atoms with Crippen LogP contribution in [0.5, 0.6) is 0 Å². The first-order chi connectivity index (χ1) is 5.22. The van der Waals surface area contributed by atoms with Crippen LogP contribution in [0.1, 0.15) is 0 Å². The summed E-state index contributed by atoms with van der Waals surface area (Å²) in [7, 11) is 0. The van der Waals surface area contributed by atoms with E-state index < -0.39 is 19.3 Å². The fourth-order valence-corrected chi connectivity index (χ4v) is 2.27. The molecule has 0 saturated carbocycles. The van der Waals surface area contributed by atoms with Crippen molar-refractivity contribution in [3.05, 3.63) is 30.3 Å². The van der Waals surface area contributed by atoms with Crippen LogP contribution in [0.15, 0.2) is 30.3 Å². The van der Waals surface area contributed by atoms with Gasteiger partial charge in [-0.05, 0) is 0 Å². The van der Waals surface area contributed by atoms with Crippen LogP contribution in [-0.4, -0.2) is 24.5 Å². The third-order valence-corrected chi connectivity index (χ3v) is 3.84. The molecule has 11 heavy (non-hydrogen) atoms. The minimum absolute atomic E-state index is 0.458. The molecule has 0 radical (unpaired) electrons. The Morgan fingerprint density at radius 3 is 2.27 bits per heavy atom. The van der Waals surface area contributed by atoms with Crippen LogP contribution in [0.2, 0.25) is 0 Å². The van der Waals surface area contributed by atoms with Crippen LogP contribution in [0.4, 0.5) is 4.79 Å². The SMILES string of the molecule is O=C(O)[AsH](=O)c1ccccc1. The molecule has 1 N–H and O–H groups in total. The molecule has 1 atom stereocenters. The summed E-state index contributed by atoms with van der Waals surface area (Å²) >= 11 is -3.23. The molecule has 4 heteroatoms. The summed E-state index contributed by atoms with van der Waals surface area (Å²) in [5.74, 6) is 0. The van der Waals surface area contributed by atoms with Gasteiger partial charge in [0.15, 0.2) is 0 Å². The standard InChI is InChI=1S/C7H7AsO3/c9-7(10)8(11)6-4-2-1-3-5-6/h1-5,8H,(H,9,10). The predicted molar refractivity (Wildman–Crippen MR) is 41.9 cm³/mol. The van der Waals surface area contributed by atoms with Gasteiger partial charge in [0, 0.05) is 0 Å². The minimum atomic E-state index is -3.23. The number of hydrogen-bond donors (Lipinski definition) is 1. The average molecular weight is 214 g/mol. The van der Waals surface area contributed by atoms with Gasteiger partial charge in [-0.1, -0.05) is 0 Å². The van der Waals surface area contributed by atoms with E-state index in [4.69, 9.17) is 5.11 Å². The van der Waals surface area contributed by atoms with Crippen LogP contribution in [0.25, 0.3) is 0 Å². The predicted octanol–water partition coefficient (Wildman–Crippen LogP) is 0.308. The van der Waals surface area contributed by atoms with Gasteiger partial charge in [-0.15, -0.1) is 0 Å². The zero-order valence-corrected chi connectivity index (χ0v) is 7.75. The molecule has 0 fully saturated rings. The maximum absolute atomic E-state index is 11.0. The van der Waals surface area contributed by atoms with Gasteiger partial charge in [-0.25, -0.2) is 0 Å². The zero-order chi connectivity index (χ0) is 8.27. The van der Waals surface area contributed by atoms with Crippen molar-refractivity contribution >= 4 is 23.7 Å². The van der Waals surface area contributed by atoms with E-state index in [2.05, 4.69) is 0 Å². The van der Waals surface area contributed by atoms with Crippen molar-refractivity contribution in [2.45, 2.75) is 0 Å². The first kappa shape index (κ1) is 8.15. The Labute approximate surface area is 68.1 Å². The molecule has 1 aromatic rings. The molecule has 1 unspecified atom stereocenters. The summed E-state index contributed by atoms with van der Waals surface area (Å²) in [6.45, 7) is 0. The second-order valence-electron chi connectivity index (χ2n) is 2.00. The number of rotatable bonds is 2. The summed E-state index contributed by atoms with van der Waals surface area (Å²) in [5, 5.41) is 8.40. The van der Waals surface area contributed by atoms with E-state index in [-0.39, 0.29) is 0 Å². The summed E-state index contributed by atoms with van der Waals surface area (Å²) in [6.07, 6.45) is 0. The molecule has 3 nitrogen and oxygen atoms in total. The molecule has 0 aliphatic heterocycles. The molecule has 58 valence electrons. The fraction of sp³-hybridized carbons (Fsp3) is 0. The Balaban J connectivity index is 2.95. The summed E-state index contributed by atoms with van der Waals surface area (Å²) in [5.41, 5.74) is 0.